The summed E-state index contributed by atoms with van der Waals surface area (Å²) in [6.07, 6.45) is 3.64. The van der Waals surface area contributed by atoms with Crippen molar-refractivity contribution in [2.24, 2.45) is 0 Å². The lowest BCUT2D eigenvalue weighted by Gasteiger charge is -2.24. The molecule has 0 saturated carbocycles. The number of aromatic nitrogens is 2. The zero-order chi connectivity index (χ0) is 20.2. The van der Waals surface area contributed by atoms with E-state index >= 15 is 0 Å². The molecule has 3 heterocycles. The van der Waals surface area contributed by atoms with Crippen LogP contribution in [0.15, 0.2) is 42.5 Å². The molecule has 3 aromatic rings. The number of rotatable bonds is 3. The van der Waals surface area contributed by atoms with Gasteiger partial charge in [0.15, 0.2) is 0 Å². The number of likely N-dealkylation sites (tertiary alicyclic amines) is 1. The highest BCUT2D eigenvalue weighted by molar-refractivity contribution is 7.92. The monoisotopic (exact) mass is 410 g/mol. The lowest BCUT2D eigenvalue weighted by molar-refractivity contribution is 0.0730. The molecule has 0 bridgehead atoms. The van der Waals surface area contributed by atoms with E-state index in [4.69, 9.17) is 4.98 Å². The molecule has 2 aliphatic heterocycles. The Morgan fingerprint density at radius 1 is 1.17 bits per heavy atom. The number of hydrogen-bond acceptors (Lipinski definition) is 4. The predicted octanol–water partition coefficient (Wildman–Crippen LogP) is 2.86. The molecule has 150 valence electrons. The quantitative estimate of drug-likeness (QED) is 0.719. The normalized spacial score (nSPS) is 19.1. The molecule has 5 rings (SSSR count). The average Bonchev–Trinajstić information content (AvgIpc) is 3.42. The summed E-state index contributed by atoms with van der Waals surface area (Å²) in [5, 5.41) is 0. The Morgan fingerprint density at radius 3 is 2.79 bits per heavy atom. The van der Waals surface area contributed by atoms with Gasteiger partial charge in [-0.05, 0) is 55.2 Å². The second-order valence-corrected chi connectivity index (χ2v) is 9.63. The van der Waals surface area contributed by atoms with Crippen molar-refractivity contribution < 1.29 is 13.2 Å². The number of fused-ring (bicyclic) bond motifs is 2. The van der Waals surface area contributed by atoms with E-state index in [2.05, 4.69) is 4.98 Å². The number of anilines is 1. The molecule has 8 heteroatoms. The Morgan fingerprint density at radius 2 is 2.00 bits per heavy atom. The van der Waals surface area contributed by atoms with Crippen LogP contribution >= 0.6 is 0 Å². The Bertz CT molecular complexity index is 1180. The fourth-order valence-corrected chi connectivity index (χ4v) is 5.40. The van der Waals surface area contributed by atoms with Crippen molar-refractivity contribution in [1.29, 1.82) is 0 Å². The van der Waals surface area contributed by atoms with Crippen LogP contribution in [0, 0.1) is 0 Å². The van der Waals surface area contributed by atoms with Gasteiger partial charge in [-0.1, -0.05) is 12.1 Å². The number of imidazole rings is 1. The van der Waals surface area contributed by atoms with Gasteiger partial charge in [0.1, 0.15) is 5.82 Å². The Balaban J connectivity index is 1.44. The number of amides is 1. The third kappa shape index (κ3) is 3.07. The predicted molar refractivity (Wildman–Crippen MR) is 111 cm³/mol. The second-order valence-electron chi connectivity index (χ2n) is 7.72. The van der Waals surface area contributed by atoms with Gasteiger partial charge >= 0.3 is 0 Å². The van der Waals surface area contributed by atoms with Gasteiger partial charge in [-0.2, -0.15) is 0 Å². The number of benzene rings is 2. The zero-order valence-corrected chi connectivity index (χ0v) is 16.9. The van der Waals surface area contributed by atoms with Crippen LogP contribution in [0.4, 0.5) is 5.69 Å². The molecule has 1 aromatic heterocycles. The van der Waals surface area contributed by atoms with Crippen LogP contribution in [0.5, 0.6) is 0 Å². The number of hydrogen-bond donors (Lipinski definition) is 1. The lowest BCUT2D eigenvalue weighted by Crippen LogP contribution is -2.31. The summed E-state index contributed by atoms with van der Waals surface area (Å²) in [5.41, 5.74) is 4.06. The third-order valence-electron chi connectivity index (χ3n) is 5.82. The van der Waals surface area contributed by atoms with E-state index in [-0.39, 0.29) is 11.9 Å². The summed E-state index contributed by atoms with van der Waals surface area (Å²) in [5.74, 6) is 0.787. The highest BCUT2D eigenvalue weighted by atomic mass is 32.2. The van der Waals surface area contributed by atoms with Crippen LogP contribution < -0.4 is 4.31 Å². The average molecular weight is 410 g/mol. The van der Waals surface area contributed by atoms with E-state index in [0.29, 0.717) is 30.8 Å². The number of para-hydroxylation sites is 2. The molecule has 1 fully saturated rings. The van der Waals surface area contributed by atoms with Gasteiger partial charge in [-0.3, -0.25) is 9.10 Å². The molecule has 2 aliphatic rings. The minimum Gasteiger partial charge on any atom is -0.340 e. The molecule has 0 aliphatic carbocycles. The molecule has 1 N–H and O–H groups in total. The molecule has 0 spiro atoms. The van der Waals surface area contributed by atoms with Crippen molar-refractivity contribution in [3.05, 3.63) is 59.4 Å². The number of nitrogens with one attached hydrogen (secondary N) is 1. The lowest BCUT2D eigenvalue weighted by atomic mass is 10.1. The Hall–Kier alpha value is -2.87. The SMILES string of the molecule is CS(=O)(=O)N1CCc2cc(C(=O)N3CCC[C@@H]3c3nc4ccccc4[nH]3)ccc21. The fourth-order valence-electron chi connectivity index (χ4n) is 4.44. The van der Waals surface area contributed by atoms with Crippen LogP contribution in [0.2, 0.25) is 0 Å². The summed E-state index contributed by atoms with van der Waals surface area (Å²) >= 11 is 0. The van der Waals surface area contributed by atoms with E-state index in [1.165, 1.54) is 10.6 Å². The summed E-state index contributed by atoms with van der Waals surface area (Å²) in [4.78, 5) is 23.2. The van der Waals surface area contributed by atoms with Gasteiger partial charge < -0.3 is 9.88 Å². The van der Waals surface area contributed by atoms with Crippen molar-refractivity contribution in [2.75, 3.05) is 23.7 Å². The van der Waals surface area contributed by atoms with E-state index in [1.54, 1.807) is 12.1 Å². The topological polar surface area (TPSA) is 86.4 Å². The molecule has 0 unspecified atom stereocenters. The van der Waals surface area contributed by atoms with Crippen molar-refractivity contribution >= 4 is 32.7 Å². The number of carbonyl (C=O) groups is 1. The van der Waals surface area contributed by atoms with Crippen LogP contribution in [-0.2, 0) is 16.4 Å². The third-order valence-corrected chi connectivity index (χ3v) is 7.00. The molecule has 29 heavy (non-hydrogen) atoms. The fraction of sp³-hybridized carbons (Fsp3) is 0.333. The largest absolute Gasteiger partial charge is 0.340 e. The number of sulfonamides is 1. The van der Waals surface area contributed by atoms with Gasteiger partial charge in [0.05, 0.1) is 29.0 Å². The molecular weight excluding hydrogens is 388 g/mol. The second kappa shape index (κ2) is 6.59. The molecule has 2 aromatic carbocycles. The smallest absolute Gasteiger partial charge is 0.254 e. The van der Waals surface area contributed by atoms with Crippen LogP contribution in [-0.4, -0.2) is 48.5 Å². The zero-order valence-electron chi connectivity index (χ0n) is 16.1. The number of H-pyrrole nitrogens is 1. The van der Waals surface area contributed by atoms with Crippen molar-refractivity contribution in [2.45, 2.75) is 25.3 Å². The first-order valence-corrected chi connectivity index (χ1v) is 11.6. The first-order valence-electron chi connectivity index (χ1n) is 9.78. The van der Waals surface area contributed by atoms with Crippen LogP contribution in [0.1, 0.15) is 40.6 Å². The molecule has 1 amide bonds. The first kappa shape index (κ1) is 18.2. The maximum Gasteiger partial charge on any atom is 0.254 e. The molecule has 0 radical (unpaired) electrons. The van der Waals surface area contributed by atoms with Gasteiger partial charge in [0.25, 0.3) is 5.91 Å². The molecular formula is C21H22N4O3S. The van der Waals surface area contributed by atoms with Crippen molar-refractivity contribution in [1.82, 2.24) is 14.9 Å². The van der Waals surface area contributed by atoms with E-state index < -0.39 is 10.0 Å². The molecule has 7 nitrogen and oxygen atoms in total. The first-order chi connectivity index (χ1) is 13.9. The maximum absolute atomic E-state index is 13.3. The molecule has 1 saturated heterocycles. The number of carbonyl (C=O) groups excluding carboxylic acids is 1. The van der Waals surface area contributed by atoms with Crippen molar-refractivity contribution in [3.8, 4) is 0 Å². The number of nitrogens with zero attached hydrogens (tertiary/aromatic N) is 3. The van der Waals surface area contributed by atoms with Gasteiger partial charge in [-0.25, -0.2) is 13.4 Å². The number of aromatic amines is 1. The summed E-state index contributed by atoms with van der Waals surface area (Å²) < 4.78 is 25.3. The van der Waals surface area contributed by atoms with E-state index in [9.17, 15) is 13.2 Å². The van der Waals surface area contributed by atoms with Crippen LogP contribution in [0.3, 0.4) is 0 Å². The summed E-state index contributed by atoms with van der Waals surface area (Å²) in [6.45, 7) is 1.12. The minimum atomic E-state index is -3.30. The highest BCUT2D eigenvalue weighted by Gasteiger charge is 2.34. The van der Waals surface area contributed by atoms with Gasteiger partial charge in [0, 0.05) is 18.7 Å². The molecule has 1 atom stereocenters. The van der Waals surface area contributed by atoms with E-state index in [0.717, 1.165) is 35.3 Å². The minimum absolute atomic E-state index is 0.0337. The Kier molecular flexibility index (Phi) is 4.13. The van der Waals surface area contributed by atoms with E-state index in [1.807, 2.05) is 35.2 Å². The Labute approximate surface area is 169 Å². The van der Waals surface area contributed by atoms with Gasteiger partial charge in [0.2, 0.25) is 10.0 Å². The standard InChI is InChI=1S/C21H22N4O3S/c1-29(27,28)25-12-10-14-13-15(8-9-18(14)25)21(26)24-11-4-7-19(24)20-22-16-5-2-3-6-17(16)23-20/h2-3,5-6,8-9,13,19H,4,7,10-12H2,1H3,(H,22,23)/t19-/m1/s1. The van der Waals surface area contributed by atoms with Crippen LogP contribution in [0.25, 0.3) is 11.0 Å². The maximum atomic E-state index is 13.3. The van der Waals surface area contributed by atoms with Crippen molar-refractivity contribution in [3.63, 3.8) is 0 Å². The summed E-state index contributed by atoms with van der Waals surface area (Å²) in [7, 11) is -3.30. The van der Waals surface area contributed by atoms with Gasteiger partial charge in [-0.15, -0.1) is 0 Å². The highest BCUT2D eigenvalue weighted by Crippen LogP contribution is 2.35. The summed E-state index contributed by atoms with van der Waals surface area (Å²) in [6, 6.07) is 13.1.